The molecule has 1 aromatic heterocycles. The lowest BCUT2D eigenvalue weighted by molar-refractivity contribution is -0.125. The van der Waals surface area contributed by atoms with E-state index in [1.165, 1.54) is 14.2 Å². The van der Waals surface area contributed by atoms with E-state index in [4.69, 9.17) is 9.47 Å². The van der Waals surface area contributed by atoms with E-state index >= 15 is 0 Å². The molecule has 1 saturated carbocycles. The molecule has 4 rings (SSSR count). The molecule has 2 atom stereocenters. The van der Waals surface area contributed by atoms with E-state index < -0.39 is 6.29 Å². The number of nitrogens with zero attached hydrogens (tertiary/aromatic N) is 2. The molecular weight excluding hydrogens is 374 g/mol. The van der Waals surface area contributed by atoms with Crippen LogP contribution in [0.4, 0.5) is 5.82 Å². The molecule has 1 aliphatic carbocycles. The van der Waals surface area contributed by atoms with Crippen molar-refractivity contribution in [3.05, 3.63) is 35.5 Å². The molecule has 0 radical (unpaired) electrons. The van der Waals surface area contributed by atoms with Gasteiger partial charge in [0.15, 0.2) is 17.8 Å². The zero-order chi connectivity index (χ0) is 20.5. The summed E-state index contributed by atoms with van der Waals surface area (Å²) < 4.78 is 12.3. The molecule has 1 aromatic carbocycles. The van der Waals surface area contributed by atoms with Crippen molar-refractivity contribution in [1.82, 2.24) is 20.4 Å². The first-order valence-corrected chi connectivity index (χ1v) is 9.67. The molecule has 2 heterocycles. The Balaban J connectivity index is 1.65. The number of hydrogen-bond donors (Lipinski definition) is 3. The van der Waals surface area contributed by atoms with E-state index in [0.29, 0.717) is 35.2 Å². The van der Waals surface area contributed by atoms with Gasteiger partial charge in [-0.15, -0.1) is 0 Å². The van der Waals surface area contributed by atoms with Gasteiger partial charge in [0.2, 0.25) is 5.91 Å². The highest BCUT2D eigenvalue weighted by molar-refractivity contribution is 6.06. The van der Waals surface area contributed by atoms with Crippen LogP contribution < -0.4 is 25.4 Å². The van der Waals surface area contributed by atoms with Crippen LogP contribution in [-0.4, -0.2) is 41.9 Å². The van der Waals surface area contributed by atoms with Crippen molar-refractivity contribution < 1.29 is 19.1 Å². The molecule has 2 unspecified atom stereocenters. The molecule has 154 valence electrons. The van der Waals surface area contributed by atoms with Gasteiger partial charge >= 0.3 is 0 Å². The first-order valence-electron chi connectivity index (χ1n) is 9.67. The molecule has 3 N–H and O–H groups in total. The second-order valence-electron chi connectivity index (χ2n) is 7.41. The maximum absolute atomic E-state index is 13.0. The van der Waals surface area contributed by atoms with Gasteiger partial charge in [-0.3, -0.25) is 14.9 Å². The minimum absolute atomic E-state index is 0.00403. The molecule has 9 heteroatoms. The molecule has 2 aromatic rings. The molecule has 0 bridgehead atoms. The van der Waals surface area contributed by atoms with Gasteiger partial charge in [0.25, 0.3) is 5.91 Å². The smallest absolute Gasteiger partial charge is 0.260 e. The summed E-state index contributed by atoms with van der Waals surface area (Å²) in [5.74, 6) is 1.33. The summed E-state index contributed by atoms with van der Waals surface area (Å²) in [6.45, 7) is 1.94. The fourth-order valence-electron chi connectivity index (χ4n) is 3.52. The number of rotatable bonds is 6. The Hall–Kier alpha value is -3.07. The summed E-state index contributed by atoms with van der Waals surface area (Å²) in [5.41, 5.74) is 1.26. The van der Waals surface area contributed by atoms with Crippen LogP contribution in [0.1, 0.15) is 54.4 Å². The molecule has 29 heavy (non-hydrogen) atoms. The fourth-order valence-corrected chi connectivity index (χ4v) is 3.52. The molecule has 1 saturated heterocycles. The monoisotopic (exact) mass is 399 g/mol. The van der Waals surface area contributed by atoms with E-state index in [0.717, 1.165) is 18.5 Å². The number of hydrogen-bond acceptors (Lipinski definition) is 6. The van der Waals surface area contributed by atoms with Gasteiger partial charge in [-0.25, -0.2) is 4.68 Å². The number of nitrogens with one attached hydrogen (secondary N) is 3. The predicted octanol–water partition coefficient (Wildman–Crippen LogP) is 1.98. The highest BCUT2D eigenvalue weighted by Crippen LogP contribution is 2.40. The van der Waals surface area contributed by atoms with Crippen LogP contribution in [0.2, 0.25) is 0 Å². The number of methoxy groups -OCH3 is 2. The quantitative estimate of drug-likeness (QED) is 0.686. The first kappa shape index (κ1) is 19.3. The third-order valence-corrected chi connectivity index (χ3v) is 5.12. The van der Waals surface area contributed by atoms with Crippen molar-refractivity contribution in [3.63, 3.8) is 0 Å². The Bertz CT molecular complexity index is 937. The van der Waals surface area contributed by atoms with E-state index in [2.05, 4.69) is 21.0 Å². The zero-order valence-corrected chi connectivity index (χ0v) is 16.7. The molecule has 2 amide bonds. The summed E-state index contributed by atoms with van der Waals surface area (Å²) >= 11 is 0. The molecule has 2 aliphatic rings. The number of anilines is 1. The van der Waals surface area contributed by atoms with Crippen molar-refractivity contribution in [1.29, 1.82) is 0 Å². The molecular formula is C20H25N5O4. The zero-order valence-electron chi connectivity index (χ0n) is 16.7. The lowest BCUT2D eigenvalue weighted by Gasteiger charge is -2.30. The number of benzene rings is 1. The summed E-state index contributed by atoms with van der Waals surface area (Å²) in [6, 6.07) is 7.00. The van der Waals surface area contributed by atoms with Gasteiger partial charge in [-0.2, -0.15) is 5.10 Å². The van der Waals surface area contributed by atoms with Crippen LogP contribution in [-0.2, 0) is 4.79 Å². The van der Waals surface area contributed by atoms with Crippen molar-refractivity contribution in [3.8, 4) is 11.5 Å². The second-order valence-corrected chi connectivity index (χ2v) is 7.41. The standard InChI is InChI=1S/C20H25N5O4/c1-11-9-17(26)23-20(21-11)25-16(10-14(24-25)12-7-8-12)22-19(27)13-5-4-6-15(28-2)18(13)29-3/h4-6,10-12,20-21H,7-9H2,1-3H3,(H,22,27)(H,23,26). The van der Waals surface area contributed by atoms with E-state index in [1.54, 1.807) is 22.9 Å². The maximum atomic E-state index is 13.0. The average Bonchev–Trinajstić information content (AvgIpc) is 3.47. The Morgan fingerprint density at radius 2 is 2.07 bits per heavy atom. The van der Waals surface area contributed by atoms with E-state index in [1.807, 2.05) is 13.0 Å². The van der Waals surface area contributed by atoms with Gasteiger partial charge in [-0.05, 0) is 31.9 Å². The lowest BCUT2D eigenvalue weighted by Crippen LogP contribution is -2.52. The number of amides is 2. The molecule has 9 nitrogen and oxygen atoms in total. The summed E-state index contributed by atoms with van der Waals surface area (Å²) in [6.07, 6.45) is 2.03. The average molecular weight is 399 g/mol. The molecule has 0 spiro atoms. The van der Waals surface area contributed by atoms with Gasteiger partial charge in [0, 0.05) is 24.4 Å². The second kappa shape index (κ2) is 7.75. The van der Waals surface area contributed by atoms with Crippen LogP contribution >= 0.6 is 0 Å². The third-order valence-electron chi connectivity index (χ3n) is 5.12. The Morgan fingerprint density at radius 1 is 1.28 bits per heavy atom. The Kier molecular flexibility index (Phi) is 5.14. The van der Waals surface area contributed by atoms with Crippen molar-refractivity contribution >= 4 is 17.6 Å². The number of carbonyl (C=O) groups is 2. The minimum Gasteiger partial charge on any atom is -0.493 e. The number of aromatic nitrogens is 2. The topological polar surface area (TPSA) is 107 Å². The van der Waals surface area contributed by atoms with Crippen molar-refractivity contribution in [2.24, 2.45) is 0 Å². The van der Waals surface area contributed by atoms with Crippen LogP contribution in [0.3, 0.4) is 0 Å². The largest absolute Gasteiger partial charge is 0.493 e. The SMILES string of the molecule is COc1cccc(C(=O)Nc2cc(C3CC3)nn2C2NC(=O)CC(C)N2)c1OC. The third kappa shape index (κ3) is 3.91. The normalized spacial score (nSPS) is 21.4. The van der Waals surface area contributed by atoms with Crippen molar-refractivity contribution in [2.45, 2.75) is 44.4 Å². The minimum atomic E-state index is -0.527. The van der Waals surface area contributed by atoms with Crippen LogP contribution in [0, 0.1) is 0 Å². The maximum Gasteiger partial charge on any atom is 0.260 e. The molecule has 2 fully saturated rings. The number of ether oxygens (including phenoxy) is 2. The Morgan fingerprint density at radius 3 is 2.72 bits per heavy atom. The van der Waals surface area contributed by atoms with Gasteiger partial charge in [0.1, 0.15) is 5.82 Å². The summed E-state index contributed by atoms with van der Waals surface area (Å²) in [4.78, 5) is 25.0. The summed E-state index contributed by atoms with van der Waals surface area (Å²) in [5, 5.41) is 13.8. The highest BCUT2D eigenvalue weighted by Gasteiger charge is 2.32. The number of para-hydroxylation sites is 1. The van der Waals surface area contributed by atoms with E-state index in [-0.39, 0.29) is 17.9 Å². The van der Waals surface area contributed by atoms with Gasteiger partial charge in [0.05, 0.1) is 25.5 Å². The predicted molar refractivity (Wildman–Crippen MR) is 106 cm³/mol. The summed E-state index contributed by atoms with van der Waals surface area (Å²) in [7, 11) is 3.02. The van der Waals surface area contributed by atoms with Crippen molar-refractivity contribution in [2.75, 3.05) is 19.5 Å². The van der Waals surface area contributed by atoms with Gasteiger partial charge < -0.3 is 20.1 Å². The molecule has 1 aliphatic heterocycles. The van der Waals surface area contributed by atoms with Crippen LogP contribution in [0.25, 0.3) is 0 Å². The fraction of sp³-hybridized carbons (Fsp3) is 0.450. The Labute approximate surface area is 168 Å². The first-order chi connectivity index (χ1) is 14.0. The van der Waals surface area contributed by atoms with Crippen LogP contribution in [0.5, 0.6) is 11.5 Å². The highest BCUT2D eigenvalue weighted by atomic mass is 16.5. The lowest BCUT2D eigenvalue weighted by atomic mass is 10.1. The van der Waals surface area contributed by atoms with Gasteiger partial charge in [-0.1, -0.05) is 6.07 Å². The van der Waals surface area contributed by atoms with E-state index in [9.17, 15) is 9.59 Å². The van der Waals surface area contributed by atoms with Crippen LogP contribution in [0.15, 0.2) is 24.3 Å². The number of carbonyl (C=O) groups excluding carboxylic acids is 2.